The number of thioether (sulfide) groups is 1. The topological polar surface area (TPSA) is 67.8 Å². The minimum absolute atomic E-state index is 0.177. The van der Waals surface area contributed by atoms with Crippen molar-refractivity contribution >= 4 is 17.6 Å². The van der Waals surface area contributed by atoms with E-state index in [4.69, 9.17) is 15.7 Å². The first kappa shape index (κ1) is 11.7. The second-order valence-corrected chi connectivity index (χ2v) is 3.74. The molecule has 1 aromatic rings. The molecule has 0 saturated heterocycles. The summed E-state index contributed by atoms with van der Waals surface area (Å²) < 4.78 is 5.40. The van der Waals surface area contributed by atoms with Gasteiger partial charge in [0.15, 0.2) is 0 Å². The molecule has 82 valence electrons. The van der Waals surface area contributed by atoms with Crippen molar-refractivity contribution in [2.75, 3.05) is 12.9 Å². The lowest BCUT2D eigenvalue weighted by molar-refractivity contribution is 0.305. The van der Waals surface area contributed by atoms with Crippen molar-refractivity contribution in [2.45, 2.75) is 11.3 Å². The number of benzene rings is 1. The second kappa shape index (κ2) is 6.19. The molecule has 0 aliphatic rings. The molecule has 0 bridgehead atoms. The molecule has 0 saturated carbocycles. The second-order valence-electron chi connectivity index (χ2n) is 2.87. The average molecular weight is 226 g/mol. The molecule has 5 heteroatoms. The monoisotopic (exact) mass is 226 g/mol. The molecule has 0 aromatic heterocycles. The predicted molar refractivity (Wildman–Crippen MR) is 61.7 cm³/mol. The van der Waals surface area contributed by atoms with Gasteiger partial charge in [-0.05, 0) is 30.5 Å². The highest BCUT2D eigenvalue weighted by atomic mass is 32.2. The molecule has 0 fully saturated rings. The van der Waals surface area contributed by atoms with Gasteiger partial charge in [0.2, 0.25) is 0 Å². The normalized spacial score (nSPS) is 11.4. The van der Waals surface area contributed by atoms with E-state index in [1.165, 1.54) is 4.90 Å². The van der Waals surface area contributed by atoms with Gasteiger partial charge in [0.05, 0.1) is 6.61 Å². The molecule has 1 aromatic carbocycles. The molecule has 0 amide bonds. The van der Waals surface area contributed by atoms with Crippen LogP contribution in [0.3, 0.4) is 0 Å². The van der Waals surface area contributed by atoms with Gasteiger partial charge in [-0.15, -0.1) is 11.8 Å². The Bertz CT molecular complexity index is 325. The maximum absolute atomic E-state index is 8.30. The number of amidine groups is 1. The van der Waals surface area contributed by atoms with E-state index in [9.17, 15) is 0 Å². The first-order valence-corrected chi connectivity index (χ1v) is 5.72. The fourth-order valence-corrected chi connectivity index (χ4v) is 1.40. The van der Waals surface area contributed by atoms with E-state index in [1.807, 2.05) is 30.5 Å². The third kappa shape index (κ3) is 4.12. The smallest absolute Gasteiger partial charge is 0.142 e. The summed E-state index contributed by atoms with van der Waals surface area (Å²) in [6.45, 7) is 0.411. The number of hydrogen-bond acceptors (Lipinski definition) is 4. The van der Waals surface area contributed by atoms with Gasteiger partial charge in [-0.3, -0.25) is 0 Å². The molecule has 0 spiro atoms. The van der Waals surface area contributed by atoms with Gasteiger partial charge >= 0.3 is 0 Å². The van der Waals surface area contributed by atoms with Crippen LogP contribution in [0.25, 0.3) is 0 Å². The van der Waals surface area contributed by atoms with E-state index >= 15 is 0 Å². The summed E-state index contributed by atoms with van der Waals surface area (Å²) in [4.78, 5) is 1.19. The number of nitrogens with zero attached hydrogens (tertiary/aromatic N) is 1. The van der Waals surface area contributed by atoms with Crippen LogP contribution in [-0.4, -0.2) is 23.9 Å². The maximum Gasteiger partial charge on any atom is 0.142 e. The van der Waals surface area contributed by atoms with E-state index in [1.54, 1.807) is 11.8 Å². The van der Waals surface area contributed by atoms with E-state index in [0.717, 1.165) is 5.75 Å². The van der Waals surface area contributed by atoms with Gasteiger partial charge in [-0.2, -0.15) is 0 Å². The van der Waals surface area contributed by atoms with Crippen molar-refractivity contribution in [1.29, 1.82) is 0 Å². The molecule has 0 aliphatic heterocycles. The Kier molecular flexibility index (Phi) is 4.83. The third-order valence-electron chi connectivity index (χ3n) is 1.81. The quantitative estimate of drug-likeness (QED) is 0.265. The molecule has 15 heavy (non-hydrogen) atoms. The lowest BCUT2D eigenvalue weighted by Crippen LogP contribution is -2.15. The lowest BCUT2D eigenvalue weighted by Gasteiger charge is -2.05. The third-order valence-corrected chi connectivity index (χ3v) is 2.56. The Balaban J connectivity index is 2.38. The highest BCUT2D eigenvalue weighted by molar-refractivity contribution is 7.98. The maximum atomic E-state index is 8.30. The largest absolute Gasteiger partial charge is 0.493 e. The van der Waals surface area contributed by atoms with Crippen LogP contribution in [0.15, 0.2) is 34.3 Å². The van der Waals surface area contributed by atoms with Gasteiger partial charge in [-0.25, -0.2) is 0 Å². The van der Waals surface area contributed by atoms with Gasteiger partial charge in [0.25, 0.3) is 0 Å². The standard InChI is InChI=1S/C10H14N2O2S/c1-15-9-4-2-8(3-5-9)14-7-6-10(11)12-13/h2-5,13H,6-7H2,1H3,(H2,11,12). The summed E-state index contributed by atoms with van der Waals surface area (Å²) >= 11 is 1.68. The average Bonchev–Trinajstić information content (AvgIpc) is 2.29. The predicted octanol–water partition coefficient (Wildman–Crippen LogP) is 1.92. The SMILES string of the molecule is CSc1ccc(OCCC(N)=NO)cc1. The Morgan fingerprint density at radius 1 is 1.47 bits per heavy atom. The van der Waals surface area contributed by atoms with Gasteiger partial charge < -0.3 is 15.7 Å². The van der Waals surface area contributed by atoms with E-state index in [-0.39, 0.29) is 5.84 Å². The molecular formula is C10H14N2O2S. The number of ether oxygens (including phenoxy) is 1. The minimum Gasteiger partial charge on any atom is -0.493 e. The molecule has 0 heterocycles. The van der Waals surface area contributed by atoms with Crippen molar-refractivity contribution in [3.05, 3.63) is 24.3 Å². The van der Waals surface area contributed by atoms with Gasteiger partial charge in [-0.1, -0.05) is 5.16 Å². The van der Waals surface area contributed by atoms with E-state index in [0.29, 0.717) is 13.0 Å². The van der Waals surface area contributed by atoms with Crippen molar-refractivity contribution < 1.29 is 9.94 Å². The first-order valence-electron chi connectivity index (χ1n) is 4.49. The summed E-state index contributed by atoms with van der Waals surface area (Å²) in [5.74, 6) is 0.967. The van der Waals surface area contributed by atoms with E-state index < -0.39 is 0 Å². The molecule has 0 unspecified atom stereocenters. The fourth-order valence-electron chi connectivity index (χ4n) is 0.995. The lowest BCUT2D eigenvalue weighted by atomic mass is 10.3. The Morgan fingerprint density at radius 3 is 2.67 bits per heavy atom. The van der Waals surface area contributed by atoms with Crippen LogP contribution in [0.5, 0.6) is 5.75 Å². The Hall–Kier alpha value is -1.36. The Morgan fingerprint density at radius 2 is 2.13 bits per heavy atom. The molecule has 3 N–H and O–H groups in total. The van der Waals surface area contributed by atoms with Crippen LogP contribution in [0.1, 0.15) is 6.42 Å². The fraction of sp³-hybridized carbons (Fsp3) is 0.300. The summed E-state index contributed by atoms with van der Waals surface area (Å²) in [6, 6.07) is 7.78. The molecule has 0 radical (unpaired) electrons. The Labute approximate surface area is 93.1 Å². The number of rotatable bonds is 5. The minimum atomic E-state index is 0.177. The van der Waals surface area contributed by atoms with Crippen molar-refractivity contribution in [3.63, 3.8) is 0 Å². The van der Waals surface area contributed by atoms with Crippen LogP contribution in [0.4, 0.5) is 0 Å². The first-order chi connectivity index (χ1) is 7.26. The van der Waals surface area contributed by atoms with Crippen LogP contribution in [-0.2, 0) is 0 Å². The van der Waals surface area contributed by atoms with E-state index in [2.05, 4.69) is 5.16 Å². The molecule has 1 rings (SSSR count). The number of hydrogen-bond donors (Lipinski definition) is 2. The highest BCUT2D eigenvalue weighted by Gasteiger charge is 1.96. The van der Waals surface area contributed by atoms with Crippen molar-refractivity contribution in [3.8, 4) is 5.75 Å². The zero-order valence-electron chi connectivity index (χ0n) is 8.51. The molecule has 0 atom stereocenters. The van der Waals surface area contributed by atoms with Gasteiger partial charge in [0, 0.05) is 11.3 Å². The van der Waals surface area contributed by atoms with Crippen LogP contribution >= 0.6 is 11.8 Å². The molecule has 4 nitrogen and oxygen atoms in total. The van der Waals surface area contributed by atoms with Crippen LogP contribution < -0.4 is 10.5 Å². The number of oxime groups is 1. The van der Waals surface area contributed by atoms with Crippen molar-refractivity contribution in [2.24, 2.45) is 10.9 Å². The summed E-state index contributed by atoms with van der Waals surface area (Å²) in [5, 5.41) is 11.2. The van der Waals surface area contributed by atoms with Gasteiger partial charge in [0.1, 0.15) is 11.6 Å². The van der Waals surface area contributed by atoms with Crippen LogP contribution in [0.2, 0.25) is 0 Å². The summed E-state index contributed by atoms with van der Waals surface area (Å²) in [5.41, 5.74) is 5.30. The number of nitrogens with two attached hydrogens (primary N) is 1. The zero-order valence-corrected chi connectivity index (χ0v) is 9.33. The van der Waals surface area contributed by atoms with Crippen LogP contribution in [0, 0.1) is 0 Å². The summed E-state index contributed by atoms with van der Waals surface area (Å²) in [7, 11) is 0. The van der Waals surface area contributed by atoms with Crippen molar-refractivity contribution in [1.82, 2.24) is 0 Å². The molecular weight excluding hydrogens is 212 g/mol. The zero-order chi connectivity index (χ0) is 11.1. The highest BCUT2D eigenvalue weighted by Crippen LogP contribution is 2.18. The molecule has 0 aliphatic carbocycles. The summed E-state index contributed by atoms with van der Waals surface area (Å²) in [6.07, 6.45) is 2.44.